The van der Waals surface area contributed by atoms with Gasteiger partial charge in [0.25, 0.3) is 5.91 Å². The molecule has 0 bridgehead atoms. The molecule has 7 heteroatoms. The van der Waals surface area contributed by atoms with E-state index in [9.17, 15) is 4.79 Å². The van der Waals surface area contributed by atoms with Crippen molar-refractivity contribution in [1.82, 2.24) is 14.8 Å². The van der Waals surface area contributed by atoms with Crippen LogP contribution in [-0.4, -0.2) is 27.3 Å². The third-order valence-corrected chi connectivity index (χ3v) is 4.59. The fraction of sp³-hybridized carbons (Fsp3) is 0.235. The van der Waals surface area contributed by atoms with Gasteiger partial charge in [-0.05, 0) is 31.5 Å². The third-order valence-electron chi connectivity index (χ3n) is 4.16. The van der Waals surface area contributed by atoms with Crippen LogP contribution in [0, 0.1) is 13.8 Å². The highest BCUT2D eigenvalue weighted by molar-refractivity contribution is 6.32. The van der Waals surface area contributed by atoms with Crippen molar-refractivity contribution in [3.05, 3.63) is 34.6 Å². The van der Waals surface area contributed by atoms with E-state index in [2.05, 4.69) is 10.4 Å². The number of fused-ring (bicyclic) bond motifs is 2. The van der Waals surface area contributed by atoms with Crippen LogP contribution in [0.5, 0.6) is 5.75 Å². The number of ether oxygens (including phenoxy) is 1. The Morgan fingerprint density at radius 3 is 2.79 bits per heavy atom. The summed E-state index contributed by atoms with van der Waals surface area (Å²) in [6.07, 6.45) is 0. The minimum Gasteiger partial charge on any atom is -0.482 e. The molecule has 0 unspecified atom stereocenters. The van der Waals surface area contributed by atoms with E-state index in [4.69, 9.17) is 21.3 Å². The van der Waals surface area contributed by atoms with Gasteiger partial charge in [0.15, 0.2) is 6.61 Å². The van der Waals surface area contributed by atoms with Crippen molar-refractivity contribution in [2.75, 3.05) is 11.9 Å². The maximum Gasteiger partial charge on any atom is 0.262 e. The Morgan fingerprint density at radius 1 is 1.29 bits per heavy atom. The quantitative estimate of drug-likeness (QED) is 0.737. The van der Waals surface area contributed by atoms with Crippen molar-refractivity contribution in [2.24, 2.45) is 7.05 Å². The summed E-state index contributed by atoms with van der Waals surface area (Å²) in [4.78, 5) is 16.2. The Labute approximate surface area is 143 Å². The van der Waals surface area contributed by atoms with Crippen molar-refractivity contribution >= 4 is 34.1 Å². The van der Waals surface area contributed by atoms with Crippen molar-refractivity contribution < 1.29 is 9.53 Å². The number of halogens is 1. The normalized spacial score (nSPS) is 13.6. The van der Waals surface area contributed by atoms with Crippen molar-refractivity contribution in [3.8, 4) is 17.0 Å². The highest BCUT2D eigenvalue weighted by Gasteiger charge is 2.20. The Morgan fingerprint density at radius 2 is 2.08 bits per heavy atom. The summed E-state index contributed by atoms with van der Waals surface area (Å²) in [5.41, 5.74) is 4.94. The predicted octanol–water partition coefficient (Wildman–Crippen LogP) is 3.24. The summed E-state index contributed by atoms with van der Waals surface area (Å²) in [6.45, 7) is 3.93. The van der Waals surface area contributed by atoms with Gasteiger partial charge in [-0.3, -0.25) is 9.48 Å². The zero-order chi connectivity index (χ0) is 17.0. The maximum atomic E-state index is 11.5. The van der Waals surface area contributed by atoms with E-state index in [-0.39, 0.29) is 12.5 Å². The minimum atomic E-state index is -0.151. The molecule has 2 aromatic heterocycles. The fourth-order valence-corrected chi connectivity index (χ4v) is 3.29. The Bertz CT molecular complexity index is 1010. The summed E-state index contributed by atoms with van der Waals surface area (Å²) in [5.74, 6) is 0.474. The number of hydrogen-bond acceptors (Lipinski definition) is 4. The van der Waals surface area contributed by atoms with E-state index in [0.29, 0.717) is 16.6 Å². The molecule has 24 heavy (non-hydrogen) atoms. The first-order valence-corrected chi connectivity index (χ1v) is 7.89. The molecule has 0 fully saturated rings. The minimum absolute atomic E-state index is 0.0186. The molecular formula is C17H15ClN4O2. The van der Waals surface area contributed by atoms with Gasteiger partial charge in [0.2, 0.25) is 0 Å². The molecule has 1 aliphatic rings. The first-order chi connectivity index (χ1) is 11.4. The lowest BCUT2D eigenvalue weighted by Crippen LogP contribution is -2.25. The van der Waals surface area contributed by atoms with Crippen molar-refractivity contribution in [1.29, 1.82) is 0 Å². The van der Waals surface area contributed by atoms with Crippen molar-refractivity contribution in [3.63, 3.8) is 0 Å². The number of nitrogens with zero attached hydrogens (tertiary/aromatic N) is 3. The number of nitrogens with one attached hydrogen (secondary N) is 1. The average molecular weight is 343 g/mol. The molecule has 1 N–H and O–H groups in total. The van der Waals surface area contributed by atoms with Crippen LogP contribution in [0.3, 0.4) is 0 Å². The van der Waals surface area contributed by atoms with E-state index in [1.54, 1.807) is 11.7 Å². The smallest absolute Gasteiger partial charge is 0.262 e. The number of aromatic nitrogens is 3. The van der Waals surface area contributed by atoms with Crippen LogP contribution in [0.15, 0.2) is 18.2 Å². The molecule has 4 rings (SSSR count). The molecule has 3 aromatic rings. The number of aryl methyl sites for hydroxylation is 3. The highest BCUT2D eigenvalue weighted by atomic mass is 35.5. The second kappa shape index (κ2) is 5.21. The molecular weight excluding hydrogens is 328 g/mol. The summed E-state index contributed by atoms with van der Waals surface area (Å²) in [7, 11) is 1.81. The first kappa shape index (κ1) is 15.0. The molecule has 1 aromatic carbocycles. The third kappa shape index (κ3) is 2.22. The lowest BCUT2D eigenvalue weighted by Gasteiger charge is -2.19. The second-order valence-corrected chi connectivity index (χ2v) is 6.26. The van der Waals surface area contributed by atoms with E-state index in [0.717, 1.165) is 33.4 Å². The first-order valence-electron chi connectivity index (χ1n) is 7.51. The van der Waals surface area contributed by atoms with E-state index in [1.807, 2.05) is 32.0 Å². The van der Waals surface area contributed by atoms with Gasteiger partial charge in [0, 0.05) is 18.5 Å². The zero-order valence-electron chi connectivity index (χ0n) is 13.5. The van der Waals surface area contributed by atoms with Crippen LogP contribution in [0.4, 0.5) is 5.69 Å². The zero-order valence-corrected chi connectivity index (χ0v) is 14.2. The monoisotopic (exact) mass is 342 g/mol. The summed E-state index contributed by atoms with van der Waals surface area (Å²) in [5, 5.41) is 8.68. The van der Waals surface area contributed by atoms with Crippen LogP contribution >= 0.6 is 11.6 Å². The summed E-state index contributed by atoms with van der Waals surface area (Å²) < 4.78 is 7.12. The second-order valence-electron chi connectivity index (χ2n) is 5.90. The van der Waals surface area contributed by atoms with Gasteiger partial charge in [-0.2, -0.15) is 5.10 Å². The van der Waals surface area contributed by atoms with E-state index in [1.165, 1.54) is 0 Å². The number of hydrogen-bond donors (Lipinski definition) is 1. The SMILES string of the molecule is Cc1nn(C)c(Cl)c1-c1cc(C)c2cc3c(cc2n1)OCC(=O)N3. The largest absolute Gasteiger partial charge is 0.482 e. The molecule has 1 amide bonds. The average Bonchev–Trinajstić information content (AvgIpc) is 2.78. The van der Waals surface area contributed by atoms with Gasteiger partial charge in [-0.25, -0.2) is 4.98 Å². The van der Waals surface area contributed by atoms with Gasteiger partial charge >= 0.3 is 0 Å². The fourth-order valence-electron chi connectivity index (χ4n) is 3.02. The van der Waals surface area contributed by atoms with Crippen LogP contribution in [0.1, 0.15) is 11.3 Å². The molecule has 0 saturated carbocycles. The number of pyridine rings is 1. The lowest BCUT2D eigenvalue weighted by atomic mass is 10.0. The van der Waals surface area contributed by atoms with Gasteiger partial charge in [0.1, 0.15) is 10.9 Å². The molecule has 1 aliphatic heterocycles. The summed E-state index contributed by atoms with van der Waals surface area (Å²) >= 11 is 6.37. The van der Waals surface area contributed by atoms with Gasteiger partial charge < -0.3 is 10.1 Å². The van der Waals surface area contributed by atoms with Gasteiger partial charge in [0.05, 0.1) is 28.2 Å². The van der Waals surface area contributed by atoms with Crippen molar-refractivity contribution in [2.45, 2.75) is 13.8 Å². The Balaban J connectivity index is 1.94. The molecule has 3 heterocycles. The van der Waals surface area contributed by atoms with Crippen LogP contribution in [-0.2, 0) is 11.8 Å². The molecule has 0 saturated heterocycles. The highest BCUT2D eigenvalue weighted by Crippen LogP contribution is 2.36. The number of rotatable bonds is 1. The molecule has 0 spiro atoms. The van der Waals surface area contributed by atoms with Gasteiger partial charge in [-0.1, -0.05) is 11.6 Å². The number of carbonyl (C=O) groups excluding carboxylic acids is 1. The van der Waals surface area contributed by atoms with Crippen LogP contribution in [0.25, 0.3) is 22.2 Å². The van der Waals surface area contributed by atoms with Crippen LogP contribution < -0.4 is 10.1 Å². The number of benzene rings is 1. The topological polar surface area (TPSA) is 69.0 Å². The molecule has 6 nitrogen and oxygen atoms in total. The number of carbonyl (C=O) groups is 1. The standard InChI is InChI=1S/C17H15ClN4O2/c1-8-4-13(16-9(2)21-22(3)17(16)18)19-11-6-14-12(5-10(8)11)20-15(23)7-24-14/h4-6H,7H2,1-3H3,(H,20,23). The molecule has 0 radical (unpaired) electrons. The van der Waals surface area contributed by atoms with Gasteiger partial charge in [-0.15, -0.1) is 0 Å². The predicted molar refractivity (Wildman–Crippen MR) is 92.6 cm³/mol. The van der Waals surface area contributed by atoms with E-state index >= 15 is 0 Å². The number of anilines is 1. The number of amides is 1. The lowest BCUT2D eigenvalue weighted by molar-refractivity contribution is -0.118. The molecule has 0 aliphatic carbocycles. The molecule has 122 valence electrons. The Hall–Kier alpha value is -2.60. The summed E-state index contributed by atoms with van der Waals surface area (Å²) in [6, 6.07) is 5.72. The maximum absolute atomic E-state index is 11.5. The Kier molecular flexibility index (Phi) is 3.25. The van der Waals surface area contributed by atoms with E-state index < -0.39 is 0 Å². The molecule has 0 atom stereocenters. The van der Waals surface area contributed by atoms with Crippen LogP contribution in [0.2, 0.25) is 5.15 Å².